The van der Waals surface area contributed by atoms with Crippen molar-refractivity contribution < 1.29 is 32.6 Å². The monoisotopic (exact) mass is 481 g/mol. The number of benzene rings is 2. The van der Waals surface area contributed by atoms with Crippen LogP contribution in [0.5, 0.6) is 5.75 Å². The number of nitrogens with one attached hydrogen (secondary N) is 1. The van der Waals surface area contributed by atoms with Gasteiger partial charge in [0.05, 0.1) is 0 Å². The number of hydrogen-bond donors (Lipinski definition) is 2. The molecule has 0 bridgehead atoms. The van der Waals surface area contributed by atoms with E-state index in [0.29, 0.717) is 22.6 Å². The number of carbonyl (C=O) groups is 2. The van der Waals surface area contributed by atoms with E-state index in [-0.39, 0.29) is 31.4 Å². The van der Waals surface area contributed by atoms with Crippen molar-refractivity contribution in [2.75, 3.05) is 13.2 Å². The van der Waals surface area contributed by atoms with Crippen LogP contribution in [0.4, 0.5) is 13.2 Å². The molecule has 3 rings (SSSR count). The van der Waals surface area contributed by atoms with E-state index in [9.17, 15) is 22.8 Å². The van der Waals surface area contributed by atoms with E-state index in [1.807, 2.05) is 0 Å². The molecule has 1 unspecified atom stereocenters. The number of carboxylic acid groups (broad SMARTS) is 1. The summed E-state index contributed by atoms with van der Waals surface area (Å²) in [6.45, 7) is 0.230. The molecule has 1 heterocycles. The van der Waals surface area contributed by atoms with Crippen molar-refractivity contribution in [1.29, 1.82) is 0 Å². The molecule has 0 aliphatic carbocycles. The Morgan fingerprint density at radius 3 is 2.29 bits per heavy atom. The summed E-state index contributed by atoms with van der Waals surface area (Å²) in [5.41, 5.74) is 1.49. The first-order chi connectivity index (χ1) is 16.7. The fraction of sp³-hybridized carbons (Fsp3) is 0.200. The Bertz CT molecular complexity index is 1170. The first kappa shape index (κ1) is 25.7. The number of ether oxygens (including phenoxy) is 1. The predicted octanol–water partition coefficient (Wildman–Crippen LogP) is 4.11. The van der Waals surface area contributed by atoms with Crippen molar-refractivity contribution in [3.05, 3.63) is 83.6 Å². The topological polar surface area (TPSA) is 88.5 Å². The SMILES string of the molecule is [B]=CC(COc1ccc(C(=O)NCCC(=O)O)cc1)c1ccc(-c2ccc(C(F)(F)F)cc2)nc1. The van der Waals surface area contributed by atoms with Crippen LogP contribution >= 0.6 is 0 Å². The third kappa shape index (κ3) is 7.27. The number of nitrogens with zero attached hydrogens (tertiary/aromatic N) is 1. The standard InChI is InChI=1S/C25H21BF3N2O4/c26-13-19(15-35-21-8-3-17(4-9-21)24(34)30-12-11-23(32)33)18-5-10-22(31-14-18)16-1-6-20(7-2-16)25(27,28)29/h1-10,13-14,19H,11-12,15H2,(H,30,34)(H,32,33). The number of amides is 1. The summed E-state index contributed by atoms with van der Waals surface area (Å²) >= 11 is 0. The predicted molar refractivity (Wildman–Crippen MR) is 126 cm³/mol. The summed E-state index contributed by atoms with van der Waals surface area (Å²) < 4.78 is 44.0. The van der Waals surface area contributed by atoms with Crippen molar-refractivity contribution in [2.45, 2.75) is 18.5 Å². The van der Waals surface area contributed by atoms with Crippen LogP contribution in [0.15, 0.2) is 66.9 Å². The summed E-state index contributed by atoms with van der Waals surface area (Å²) in [5.74, 6) is 0.283. The maximum absolute atomic E-state index is 12.7. The number of hydrogen-bond acceptors (Lipinski definition) is 4. The maximum atomic E-state index is 12.7. The fourth-order valence-electron chi connectivity index (χ4n) is 3.16. The number of carboxylic acids is 1. The number of carbonyl (C=O) groups excluding carboxylic acids is 1. The number of alkyl halides is 3. The van der Waals surface area contributed by atoms with E-state index in [1.165, 1.54) is 18.1 Å². The Kier molecular flexibility index (Phi) is 8.41. The van der Waals surface area contributed by atoms with Crippen LogP contribution in [0.1, 0.15) is 33.8 Å². The molecule has 0 spiro atoms. The van der Waals surface area contributed by atoms with E-state index >= 15 is 0 Å². The van der Waals surface area contributed by atoms with Gasteiger partial charge in [0.2, 0.25) is 0 Å². The average Bonchev–Trinajstić information content (AvgIpc) is 2.84. The van der Waals surface area contributed by atoms with Crippen LogP contribution in [0.2, 0.25) is 0 Å². The fourth-order valence-corrected chi connectivity index (χ4v) is 3.16. The zero-order valence-corrected chi connectivity index (χ0v) is 18.5. The Labute approximate surface area is 200 Å². The molecule has 3 aromatic rings. The molecule has 2 aromatic carbocycles. The average molecular weight is 481 g/mol. The quantitative estimate of drug-likeness (QED) is 0.426. The van der Waals surface area contributed by atoms with Gasteiger partial charge in [0.25, 0.3) is 0 Å². The zero-order chi connectivity index (χ0) is 25.4. The van der Waals surface area contributed by atoms with Gasteiger partial charge in [0.15, 0.2) is 0 Å². The van der Waals surface area contributed by atoms with Crippen LogP contribution in [-0.2, 0) is 11.0 Å². The third-order valence-electron chi connectivity index (χ3n) is 5.13. The van der Waals surface area contributed by atoms with Crippen LogP contribution in [0.3, 0.4) is 0 Å². The molecule has 1 atom stereocenters. The molecule has 35 heavy (non-hydrogen) atoms. The van der Waals surface area contributed by atoms with Crippen molar-refractivity contribution in [1.82, 2.24) is 10.3 Å². The van der Waals surface area contributed by atoms with Gasteiger partial charge in [-0.3, -0.25) is 4.79 Å². The molecule has 10 heteroatoms. The molecule has 179 valence electrons. The zero-order valence-electron chi connectivity index (χ0n) is 18.5. The summed E-state index contributed by atoms with van der Waals surface area (Å²) in [5, 5.41) is 11.1. The minimum atomic E-state index is -4.39. The minimum absolute atomic E-state index is 0.0339. The number of halogens is 3. The molecule has 6 nitrogen and oxygen atoms in total. The Morgan fingerprint density at radius 1 is 1.06 bits per heavy atom. The molecular weight excluding hydrogens is 460 g/mol. The summed E-state index contributed by atoms with van der Waals surface area (Å²) in [7, 11) is 5.77. The first-order valence-corrected chi connectivity index (χ1v) is 10.6. The number of pyridine rings is 1. The Balaban J connectivity index is 1.58. The van der Waals surface area contributed by atoms with Crippen LogP contribution in [-0.4, -0.2) is 48.6 Å². The van der Waals surface area contributed by atoms with Gasteiger partial charge in [0, 0.05) is 0 Å². The molecular formula is C25H21BF3N2O4. The van der Waals surface area contributed by atoms with E-state index in [2.05, 4.69) is 10.3 Å². The molecule has 0 fully saturated rings. The second kappa shape index (κ2) is 11.5. The van der Waals surface area contributed by atoms with E-state index in [0.717, 1.165) is 17.7 Å². The summed E-state index contributed by atoms with van der Waals surface area (Å²) in [6, 6.07) is 14.6. The molecule has 1 aromatic heterocycles. The van der Waals surface area contributed by atoms with Gasteiger partial charge in [0.1, 0.15) is 0 Å². The van der Waals surface area contributed by atoms with Gasteiger partial charge >= 0.3 is 191 Å². The second-order valence-corrected chi connectivity index (χ2v) is 7.59. The van der Waals surface area contributed by atoms with Gasteiger partial charge in [-0.2, -0.15) is 0 Å². The van der Waals surface area contributed by atoms with Gasteiger partial charge in [-0.15, -0.1) is 0 Å². The van der Waals surface area contributed by atoms with Crippen molar-refractivity contribution >= 4 is 25.3 Å². The van der Waals surface area contributed by atoms with Gasteiger partial charge in [-0.1, -0.05) is 0 Å². The van der Waals surface area contributed by atoms with E-state index in [4.69, 9.17) is 17.3 Å². The van der Waals surface area contributed by atoms with Crippen LogP contribution in [0, 0.1) is 0 Å². The molecule has 0 aliphatic heterocycles. The van der Waals surface area contributed by atoms with Crippen molar-refractivity contribution in [2.24, 2.45) is 0 Å². The molecule has 1 radical (unpaired) electrons. The number of aliphatic carboxylic acids is 1. The number of aromatic nitrogens is 1. The molecule has 0 saturated heterocycles. The molecule has 0 saturated carbocycles. The van der Waals surface area contributed by atoms with Gasteiger partial charge in [-0.25, -0.2) is 0 Å². The van der Waals surface area contributed by atoms with Gasteiger partial charge < -0.3 is 5.11 Å². The molecule has 1 amide bonds. The van der Waals surface area contributed by atoms with E-state index in [1.54, 1.807) is 42.6 Å². The first-order valence-electron chi connectivity index (χ1n) is 10.6. The molecule has 2 N–H and O–H groups in total. The van der Waals surface area contributed by atoms with Crippen molar-refractivity contribution in [3.63, 3.8) is 0 Å². The van der Waals surface area contributed by atoms with Crippen LogP contribution < -0.4 is 10.1 Å². The van der Waals surface area contributed by atoms with Crippen molar-refractivity contribution in [3.8, 4) is 17.0 Å². The Hall–Kier alpha value is -3.95. The van der Waals surface area contributed by atoms with E-state index < -0.39 is 17.7 Å². The second-order valence-electron chi connectivity index (χ2n) is 7.59. The molecule has 0 aliphatic rings. The third-order valence-corrected chi connectivity index (χ3v) is 5.13. The normalized spacial score (nSPS) is 11.9. The van der Waals surface area contributed by atoms with Crippen LogP contribution in [0.25, 0.3) is 11.3 Å². The summed E-state index contributed by atoms with van der Waals surface area (Å²) in [4.78, 5) is 26.9. The van der Waals surface area contributed by atoms with Gasteiger partial charge in [-0.05, 0) is 0 Å². The number of rotatable bonds is 10. The Morgan fingerprint density at radius 2 is 1.74 bits per heavy atom. The summed E-state index contributed by atoms with van der Waals surface area (Å²) in [6.07, 6.45) is -2.96.